The van der Waals surface area contributed by atoms with Gasteiger partial charge in [0.05, 0.1) is 12.1 Å². The highest BCUT2D eigenvalue weighted by atomic mass is 16.5. The summed E-state index contributed by atoms with van der Waals surface area (Å²) in [6.07, 6.45) is 6.68. The first kappa shape index (κ1) is 12.4. The Morgan fingerprint density at radius 2 is 1.94 bits per heavy atom. The number of nitrogens with one attached hydrogen (secondary N) is 1. The van der Waals surface area contributed by atoms with Crippen LogP contribution < -0.4 is 5.32 Å². The normalized spacial score (nSPS) is 38.4. The zero-order valence-electron chi connectivity index (χ0n) is 10.9. The van der Waals surface area contributed by atoms with Gasteiger partial charge in [-0.05, 0) is 37.5 Å². The predicted octanol–water partition coefficient (Wildman–Crippen LogP) is 1.22. The van der Waals surface area contributed by atoms with Crippen LogP contribution in [0.15, 0.2) is 0 Å². The number of rotatable bonds is 2. The molecule has 1 aliphatic heterocycles. The van der Waals surface area contributed by atoms with Crippen LogP contribution in [0.5, 0.6) is 0 Å². The third-order valence-corrected chi connectivity index (χ3v) is 5.05. The topological polar surface area (TPSA) is 58.6 Å². The molecule has 102 valence electrons. The van der Waals surface area contributed by atoms with Gasteiger partial charge in [0.1, 0.15) is 0 Å². The summed E-state index contributed by atoms with van der Waals surface area (Å²) in [5.41, 5.74) is 0.238. The fourth-order valence-electron chi connectivity index (χ4n) is 3.61. The van der Waals surface area contributed by atoms with Crippen molar-refractivity contribution in [3.8, 4) is 0 Å². The van der Waals surface area contributed by atoms with Crippen molar-refractivity contribution < 1.29 is 14.6 Å². The van der Waals surface area contributed by atoms with Gasteiger partial charge in [-0.1, -0.05) is 12.8 Å². The summed E-state index contributed by atoms with van der Waals surface area (Å²) in [4.78, 5) is 12.2. The molecule has 0 aromatic heterocycles. The molecule has 3 rings (SSSR count). The molecule has 3 fully saturated rings. The van der Waals surface area contributed by atoms with Gasteiger partial charge in [0.2, 0.25) is 5.91 Å². The molecule has 0 radical (unpaired) electrons. The third-order valence-electron chi connectivity index (χ3n) is 5.05. The zero-order valence-corrected chi connectivity index (χ0v) is 10.9. The van der Waals surface area contributed by atoms with Gasteiger partial charge in [0.15, 0.2) is 0 Å². The first-order chi connectivity index (χ1) is 8.71. The highest BCUT2D eigenvalue weighted by Crippen LogP contribution is 2.59. The van der Waals surface area contributed by atoms with Gasteiger partial charge in [-0.3, -0.25) is 4.79 Å². The van der Waals surface area contributed by atoms with Gasteiger partial charge in [-0.25, -0.2) is 0 Å². The number of carbonyl (C=O) groups is 1. The molecule has 3 aliphatic rings. The molecule has 4 heteroatoms. The van der Waals surface area contributed by atoms with Gasteiger partial charge >= 0.3 is 0 Å². The average Bonchev–Trinajstić information content (AvgIpc) is 3.07. The number of aliphatic hydroxyl groups excluding tert-OH is 1. The van der Waals surface area contributed by atoms with Gasteiger partial charge in [-0.15, -0.1) is 0 Å². The lowest BCUT2D eigenvalue weighted by atomic mass is 9.91. The standard InChI is InChI=1S/C14H23NO3/c16-12-4-2-1-3-11(12)15-13(17)10-9-14(10)5-7-18-8-6-14/h10-12,16H,1-9H2,(H,15,17). The van der Waals surface area contributed by atoms with E-state index in [0.29, 0.717) is 0 Å². The van der Waals surface area contributed by atoms with Crippen LogP contribution in [0.2, 0.25) is 0 Å². The third kappa shape index (κ3) is 2.28. The second-order valence-electron chi connectivity index (χ2n) is 6.20. The summed E-state index contributed by atoms with van der Waals surface area (Å²) in [7, 11) is 0. The molecule has 18 heavy (non-hydrogen) atoms. The predicted molar refractivity (Wildman–Crippen MR) is 67.0 cm³/mol. The maximum Gasteiger partial charge on any atom is 0.224 e. The van der Waals surface area contributed by atoms with Crippen molar-refractivity contribution in [1.82, 2.24) is 5.32 Å². The molecule has 1 heterocycles. The van der Waals surface area contributed by atoms with E-state index < -0.39 is 0 Å². The molecule has 0 aromatic rings. The smallest absolute Gasteiger partial charge is 0.224 e. The summed E-state index contributed by atoms with van der Waals surface area (Å²) in [5, 5.41) is 13.0. The molecule has 2 saturated carbocycles. The van der Waals surface area contributed by atoms with Crippen LogP contribution in [-0.2, 0) is 9.53 Å². The quantitative estimate of drug-likeness (QED) is 0.778. The highest BCUT2D eigenvalue weighted by molar-refractivity contribution is 5.83. The lowest BCUT2D eigenvalue weighted by Crippen LogP contribution is -2.46. The first-order valence-corrected chi connectivity index (χ1v) is 7.27. The van der Waals surface area contributed by atoms with Crippen molar-refractivity contribution >= 4 is 5.91 Å². The fraction of sp³-hybridized carbons (Fsp3) is 0.929. The number of amides is 1. The molecule has 0 aromatic carbocycles. The van der Waals surface area contributed by atoms with Gasteiger partial charge < -0.3 is 15.2 Å². The Hall–Kier alpha value is -0.610. The molecule has 3 atom stereocenters. The summed E-state index contributed by atoms with van der Waals surface area (Å²) < 4.78 is 5.37. The molecule has 4 nitrogen and oxygen atoms in total. The van der Waals surface area contributed by atoms with E-state index in [1.165, 1.54) is 0 Å². The van der Waals surface area contributed by atoms with E-state index in [-0.39, 0.29) is 29.4 Å². The monoisotopic (exact) mass is 253 g/mol. The van der Waals surface area contributed by atoms with Crippen LogP contribution in [0.1, 0.15) is 44.9 Å². The van der Waals surface area contributed by atoms with Crippen LogP contribution in [-0.4, -0.2) is 36.4 Å². The van der Waals surface area contributed by atoms with Crippen molar-refractivity contribution in [2.75, 3.05) is 13.2 Å². The van der Waals surface area contributed by atoms with Crippen LogP contribution in [0.3, 0.4) is 0 Å². The molecule has 0 bridgehead atoms. The lowest BCUT2D eigenvalue weighted by Gasteiger charge is -2.29. The second-order valence-corrected chi connectivity index (χ2v) is 6.20. The van der Waals surface area contributed by atoms with Gasteiger partial charge in [0.25, 0.3) is 0 Å². The Morgan fingerprint density at radius 1 is 1.22 bits per heavy atom. The van der Waals surface area contributed by atoms with E-state index in [2.05, 4.69) is 5.32 Å². The van der Waals surface area contributed by atoms with Crippen molar-refractivity contribution in [2.24, 2.45) is 11.3 Å². The molecule has 1 amide bonds. The van der Waals surface area contributed by atoms with E-state index in [4.69, 9.17) is 4.74 Å². The van der Waals surface area contributed by atoms with E-state index in [1.807, 2.05) is 0 Å². The average molecular weight is 253 g/mol. The summed E-state index contributed by atoms with van der Waals surface area (Å²) in [6.45, 7) is 1.60. The molecule has 1 saturated heterocycles. The number of aliphatic hydroxyl groups is 1. The van der Waals surface area contributed by atoms with Crippen LogP contribution in [0.25, 0.3) is 0 Å². The zero-order chi connectivity index (χ0) is 12.6. The van der Waals surface area contributed by atoms with Crippen LogP contribution in [0.4, 0.5) is 0 Å². The summed E-state index contributed by atoms with van der Waals surface area (Å²) >= 11 is 0. The summed E-state index contributed by atoms with van der Waals surface area (Å²) in [5.74, 6) is 0.346. The van der Waals surface area contributed by atoms with E-state index in [0.717, 1.165) is 58.2 Å². The fourth-order valence-corrected chi connectivity index (χ4v) is 3.61. The van der Waals surface area contributed by atoms with E-state index in [9.17, 15) is 9.90 Å². The highest BCUT2D eigenvalue weighted by Gasteiger charge is 2.58. The Labute approximate surface area is 108 Å². The Bertz CT molecular complexity index is 325. The number of carbonyl (C=O) groups excluding carboxylic acids is 1. The largest absolute Gasteiger partial charge is 0.391 e. The minimum absolute atomic E-state index is 0.0104. The number of ether oxygens (including phenoxy) is 1. The number of hydrogen-bond acceptors (Lipinski definition) is 3. The maximum absolute atomic E-state index is 12.2. The molecule has 2 N–H and O–H groups in total. The second kappa shape index (κ2) is 4.82. The van der Waals surface area contributed by atoms with E-state index >= 15 is 0 Å². The van der Waals surface area contributed by atoms with Crippen molar-refractivity contribution in [3.05, 3.63) is 0 Å². The van der Waals surface area contributed by atoms with Crippen LogP contribution >= 0.6 is 0 Å². The number of hydrogen-bond donors (Lipinski definition) is 2. The summed E-state index contributed by atoms with van der Waals surface area (Å²) in [6, 6.07) is -0.0104. The van der Waals surface area contributed by atoms with Gasteiger partial charge in [-0.2, -0.15) is 0 Å². The maximum atomic E-state index is 12.2. The molecule has 2 aliphatic carbocycles. The molecule has 3 unspecified atom stereocenters. The molecular weight excluding hydrogens is 230 g/mol. The van der Waals surface area contributed by atoms with Crippen molar-refractivity contribution in [1.29, 1.82) is 0 Å². The minimum Gasteiger partial charge on any atom is -0.391 e. The Morgan fingerprint density at radius 3 is 2.67 bits per heavy atom. The van der Waals surface area contributed by atoms with E-state index in [1.54, 1.807) is 0 Å². The first-order valence-electron chi connectivity index (χ1n) is 7.27. The Kier molecular flexibility index (Phi) is 3.32. The lowest BCUT2D eigenvalue weighted by molar-refractivity contribution is -0.125. The van der Waals surface area contributed by atoms with Crippen LogP contribution in [0, 0.1) is 11.3 Å². The molecule has 1 spiro atoms. The molecular formula is C14H23NO3. The Balaban J connectivity index is 1.53. The van der Waals surface area contributed by atoms with Crippen molar-refractivity contribution in [2.45, 2.75) is 57.1 Å². The SMILES string of the molecule is O=C(NC1CCCCC1O)C1CC12CCOCC2. The van der Waals surface area contributed by atoms with Gasteiger partial charge in [0, 0.05) is 19.1 Å². The minimum atomic E-state index is -0.341. The van der Waals surface area contributed by atoms with Crippen molar-refractivity contribution in [3.63, 3.8) is 0 Å².